The second-order valence-electron chi connectivity index (χ2n) is 6.05. The van der Waals surface area contributed by atoms with E-state index in [9.17, 15) is 9.59 Å². The Morgan fingerprint density at radius 2 is 1.85 bits per heavy atom. The Morgan fingerprint density at radius 1 is 1.11 bits per heavy atom. The zero-order chi connectivity index (χ0) is 19.4. The highest BCUT2D eigenvalue weighted by Gasteiger charge is 2.14. The fraction of sp³-hybridized carbons (Fsp3) is 0.211. The van der Waals surface area contributed by atoms with Gasteiger partial charge in [-0.1, -0.05) is 35.4 Å². The van der Waals surface area contributed by atoms with Gasteiger partial charge in [0, 0.05) is 16.1 Å². The van der Waals surface area contributed by atoms with Crippen molar-refractivity contribution in [3.8, 4) is 11.4 Å². The normalized spacial score (nSPS) is 10.6. The topological polar surface area (TPSA) is 87.0 Å². The number of carbonyl (C=O) groups excluding carboxylic acids is 2. The maximum Gasteiger partial charge on any atom is 0.330 e. The molecule has 0 aliphatic rings. The molecule has 0 bridgehead atoms. The first-order valence-electron chi connectivity index (χ1n) is 8.22. The van der Waals surface area contributed by atoms with Gasteiger partial charge in [0.1, 0.15) is 0 Å². The molecular formula is C19H17ClN4O3. The van der Waals surface area contributed by atoms with Crippen molar-refractivity contribution in [2.75, 3.05) is 6.61 Å². The van der Waals surface area contributed by atoms with Crippen molar-refractivity contribution in [3.05, 3.63) is 64.2 Å². The Balaban J connectivity index is 1.56. The Bertz CT molecular complexity index is 983. The van der Waals surface area contributed by atoms with Gasteiger partial charge in [-0.2, -0.15) is 4.80 Å². The summed E-state index contributed by atoms with van der Waals surface area (Å²) in [4.78, 5) is 25.3. The Labute approximate surface area is 160 Å². The molecule has 0 amide bonds. The number of hydrogen-bond donors (Lipinski definition) is 0. The van der Waals surface area contributed by atoms with Crippen LogP contribution in [0, 0.1) is 13.8 Å². The van der Waals surface area contributed by atoms with Crippen LogP contribution in [0.4, 0.5) is 0 Å². The number of tetrazole rings is 1. The quantitative estimate of drug-likeness (QED) is 0.479. The maximum atomic E-state index is 12.2. The van der Waals surface area contributed by atoms with E-state index in [1.54, 1.807) is 30.3 Å². The number of carbonyl (C=O) groups is 2. The summed E-state index contributed by atoms with van der Waals surface area (Å²) in [5.41, 5.74) is 3.18. The summed E-state index contributed by atoms with van der Waals surface area (Å²) in [6.45, 7) is 3.23. The number of nitrogens with zero attached hydrogens (tertiary/aromatic N) is 4. The number of halogens is 1. The number of ketones is 1. The van der Waals surface area contributed by atoms with Crippen molar-refractivity contribution >= 4 is 23.4 Å². The standard InChI is InChI=1S/C19H17ClN4O3/c1-12-3-8-16(13(2)9-12)17(25)11-27-18(26)10-24-22-19(21-23-24)14-4-6-15(20)7-5-14/h3-9H,10-11H2,1-2H3. The minimum Gasteiger partial charge on any atom is -0.456 e. The first-order valence-corrected chi connectivity index (χ1v) is 8.60. The average Bonchev–Trinajstić information content (AvgIpc) is 3.08. The first-order chi connectivity index (χ1) is 12.9. The second-order valence-corrected chi connectivity index (χ2v) is 6.49. The fourth-order valence-corrected chi connectivity index (χ4v) is 2.66. The van der Waals surface area contributed by atoms with Gasteiger partial charge in [0.05, 0.1) is 0 Å². The molecule has 0 aliphatic heterocycles. The third kappa shape index (κ3) is 4.77. The van der Waals surface area contributed by atoms with Gasteiger partial charge in [0.15, 0.2) is 13.2 Å². The van der Waals surface area contributed by atoms with Gasteiger partial charge in [0.2, 0.25) is 11.6 Å². The van der Waals surface area contributed by atoms with Crippen molar-refractivity contribution < 1.29 is 14.3 Å². The highest BCUT2D eigenvalue weighted by Crippen LogP contribution is 2.17. The molecule has 0 saturated heterocycles. The highest BCUT2D eigenvalue weighted by molar-refractivity contribution is 6.30. The molecule has 0 fully saturated rings. The van der Waals surface area contributed by atoms with Gasteiger partial charge in [-0.05, 0) is 48.9 Å². The van der Waals surface area contributed by atoms with Gasteiger partial charge >= 0.3 is 5.97 Å². The maximum absolute atomic E-state index is 12.2. The Kier molecular flexibility index (Phi) is 5.61. The number of esters is 1. The van der Waals surface area contributed by atoms with E-state index < -0.39 is 5.97 Å². The third-order valence-corrected chi connectivity index (χ3v) is 4.12. The lowest BCUT2D eigenvalue weighted by Crippen LogP contribution is -2.20. The van der Waals surface area contributed by atoms with E-state index in [-0.39, 0.29) is 18.9 Å². The number of benzene rings is 2. The summed E-state index contributed by atoms with van der Waals surface area (Å²) in [7, 11) is 0. The smallest absolute Gasteiger partial charge is 0.330 e. The molecule has 0 saturated carbocycles. The van der Waals surface area contributed by atoms with Crippen molar-refractivity contribution in [2.24, 2.45) is 0 Å². The van der Waals surface area contributed by atoms with E-state index in [0.717, 1.165) is 21.5 Å². The van der Waals surface area contributed by atoms with E-state index in [1.165, 1.54) is 0 Å². The molecule has 138 valence electrons. The highest BCUT2D eigenvalue weighted by atomic mass is 35.5. The van der Waals surface area contributed by atoms with Crippen molar-refractivity contribution in [3.63, 3.8) is 0 Å². The summed E-state index contributed by atoms with van der Waals surface area (Å²) in [5, 5.41) is 12.4. The summed E-state index contributed by atoms with van der Waals surface area (Å²) < 4.78 is 5.04. The van der Waals surface area contributed by atoms with Crippen LogP contribution in [-0.4, -0.2) is 38.6 Å². The van der Waals surface area contributed by atoms with Crippen LogP contribution in [-0.2, 0) is 16.1 Å². The van der Waals surface area contributed by atoms with E-state index in [2.05, 4.69) is 15.4 Å². The lowest BCUT2D eigenvalue weighted by molar-refractivity contribution is -0.143. The number of Topliss-reactive ketones (excluding diaryl/α,β-unsaturated/α-hetero) is 1. The molecule has 2 aromatic carbocycles. The zero-order valence-corrected chi connectivity index (χ0v) is 15.6. The second kappa shape index (κ2) is 8.09. The predicted molar refractivity (Wildman–Crippen MR) is 99.5 cm³/mol. The molecule has 0 N–H and O–H groups in total. The molecule has 27 heavy (non-hydrogen) atoms. The van der Waals surface area contributed by atoms with Crippen LogP contribution in [0.5, 0.6) is 0 Å². The molecule has 0 atom stereocenters. The molecule has 1 heterocycles. The monoisotopic (exact) mass is 384 g/mol. The van der Waals surface area contributed by atoms with Crippen molar-refractivity contribution in [2.45, 2.75) is 20.4 Å². The minimum absolute atomic E-state index is 0.235. The molecule has 3 rings (SSSR count). The lowest BCUT2D eigenvalue weighted by Gasteiger charge is -2.07. The van der Waals surface area contributed by atoms with Crippen LogP contribution in [0.25, 0.3) is 11.4 Å². The molecule has 3 aromatic rings. The van der Waals surface area contributed by atoms with E-state index in [1.807, 2.05) is 26.0 Å². The fourth-order valence-electron chi connectivity index (χ4n) is 2.54. The Hall–Kier alpha value is -3.06. The summed E-state index contributed by atoms with van der Waals surface area (Å²) in [5.74, 6) is -0.506. The SMILES string of the molecule is Cc1ccc(C(=O)COC(=O)Cn2nnc(-c3ccc(Cl)cc3)n2)c(C)c1. The van der Waals surface area contributed by atoms with Crippen LogP contribution < -0.4 is 0 Å². The molecule has 0 radical (unpaired) electrons. The van der Waals surface area contributed by atoms with Crippen LogP contribution >= 0.6 is 11.6 Å². The van der Waals surface area contributed by atoms with E-state index in [4.69, 9.17) is 16.3 Å². The number of aromatic nitrogens is 4. The largest absolute Gasteiger partial charge is 0.456 e. The molecule has 7 nitrogen and oxygen atoms in total. The average molecular weight is 385 g/mol. The third-order valence-electron chi connectivity index (χ3n) is 3.87. The number of rotatable bonds is 6. The summed E-state index contributed by atoms with van der Waals surface area (Å²) in [6, 6.07) is 12.4. The van der Waals surface area contributed by atoms with Gasteiger partial charge in [0.25, 0.3) is 0 Å². The molecular weight excluding hydrogens is 368 g/mol. The van der Waals surface area contributed by atoms with Crippen molar-refractivity contribution in [1.29, 1.82) is 0 Å². The van der Waals surface area contributed by atoms with Gasteiger partial charge in [-0.25, -0.2) is 4.79 Å². The van der Waals surface area contributed by atoms with E-state index >= 15 is 0 Å². The van der Waals surface area contributed by atoms with E-state index in [0.29, 0.717) is 16.4 Å². The summed E-state index contributed by atoms with van der Waals surface area (Å²) >= 11 is 5.84. The van der Waals surface area contributed by atoms with Crippen LogP contribution in [0.2, 0.25) is 5.02 Å². The molecule has 0 aliphatic carbocycles. The molecule has 8 heteroatoms. The molecule has 0 unspecified atom stereocenters. The van der Waals surface area contributed by atoms with Crippen LogP contribution in [0.3, 0.4) is 0 Å². The molecule has 1 aromatic heterocycles. The number of aryl methyl sites for hydroxylation is 2. The lowest BCUT2D eigenvalue weighted by atomic mass is 10.0. The first kappa shape index (κ1) is 18.7. The Morgan fingerprint density at radius 3 is 2.56 bits per heavy atom. The zero-order valence-electron chi connectivity index (χ0n) is 14.8. The number of hydrogen-bond acceptors (Lipinski definition) is 6. The van der Waals surface area contributed by atoms with Crippen LogP contribution in [0.15, 0.2) is 42.5 Å². The van der Waals surface area contributed by atoms with Gasteiger partial charge in [-0.15, -0.1) is 10.2 Å². The predicted octanol–water partition coefficient (Wildman–Crippen LogP) is 3.04. The minimum atomic E-state index is -0.617. The van der Waals surface area contributed by atoms with Gasteiger partial charge < -0.3 is 4.74 Å². The molecule has 0 spiro atoms. The van der Waals surface area contributed by atoms with Crippen LogP contribution in [0.1, 0.15) is 21.5 Å². The number of ether oxygens (including phenoxy) is 1. The van der Waals surface area contributed by atoms with Crippen molar-refractivity contribution in [1.82, 2.24) is 20.2 Å². The summed E-state index contributed by atoms with van der Waals surface area (Å²) in [6.07, 6.45) is 0. The van der Waals surface area contributed by atoms with Gasteiger partial charge in [-0.3, -0.25) is 4.79 Å².